The number of hydrogen-bond acceptors (Lipinski definition) is 2. The van der Waals surface area contributed by atoms with Crippen LogP contribution in [0.4, 0.5) is 11.4 Å². The molecule has 0 radical (unpaired) electrons. The monoisotopic (exact) mass is 380 g/mol. The first kappa shape index (κ1) is 14.8. The van der Waals surface area contributed by atoms with E-state index in [2.05, 4.69) is 27.9 Å². The van der Waals surface area contributed by atoms with Crippen LogP contribution >= 0.6 is 22.6 Å². The summed E-state index contributed by atoms with van der Waals surface area (Å²) < 4.78 is 1.15. The van der Waals surface area contributed by atoms with Crippen molar-refractivity contribution < 1.29 is 4.79 Å². The summed E-state index contributed by atoms with van der Waals surface area (Å²) in [5.41, 5.74) is 9.67. The van der Waals surface area contributed by atoms with Crippen molar-refractivity contribution in [1.82, 2.24) is 0 Å². The smallest absolute Gasteiger partial charge is 0.224 e. The summed E-state index contributed by atoms with van der Waals surface area (Å²) >= 11 is 2.26. The van der Waals surface area contributed by atoms with Gasteiger partial charge in [-0.1, -0.05) is 24.3 Å². The molecule has 0 aliphatic heterocycles. The van der Waals surface area contributed by atoms with Gasteiger partial charge in [0, 0.05) is 21.4 Å². The minimum absolute atomic E-state index is 0.00732. The number of nitrogens with two attached hydrogens (primary N) is 1. The van der Waals surface area contributed by atoms with Crippen molar-refractivity contribution in [2.24, 2.45) is 0 Å². The molecular weight excluding hydrogens is 363 g/mol. The second kappa shape index (κ2) is 6.74. The number of nitrogen functional groups attached to an aromatic ring is 1. The number of para-hydroxylation sites is 1. The first-order valence-corrected chi connectivity index (χ1v) is 7.53. The average molecular weight is 380 g/mol. The van der Waals surface area contributed by atoms with Crippen molar-refractivity contribution in [3.63, 3.8) is 0 Å². The van der Waals surface area contributed by atoms with E-state index >= 15 is 0 Å². The summed E-state index contributed by atoms with van der Waals surface area (Å²) in [6.45, 7) is 2.05. The number of halogens is 1. The lowest BCUT2D eigenvalue weighted by Gasteiger charge is -2.08. The van der Waals surface area contributed by atoms with E-state index < -0.39 is 0 Å². The van der Waals surface area contributed by atoms with Gasteiger partial charge >= 0.3 is 0 Å². The fourth-order valence-corrected chi connectivity index (χ4v) is 2.42. The van der Waals surface area contributed by atoms with Crippen LogP contribution < -0.4 is 11.1 Å². The maximum absolute atomic E-state index is 11.9. The van der Waals surface area contributed by atoms with Crippen molar-refractivity contribution >= 4 is 39.9 Å². The van der Waals surface area contributed by atoms with Crippen LogP contribution in [0.15, 0.2) is 42.5 Å². The van der Waals surface area contributed by atoms with E-state index in [9.17, 15) is 4.79 Å². The number of carbonyl (C=O) groups excluding carboxylic acids is 1. The predicted molar refractivity (Wildman–Crippen MR) is 91.7 cm³/mol. The number of amides is 1. The minimum atomic E-state index is 0.00732. The highest BCUT2D eigenvalue weighted by atomic mass is 127. The van der Waals surface area contributed by atoms with Gasteiger partial charge in [0.1, 0.15) is 0 Å². The molecule has 3 N–H and O–H groups in total. The van der Waals surface area contributed by atoms with Crippen molar-refractivity contribution in [3.05, 3.63) is 57.2 Å². The van der Waals surface area contributed by atoms with Gasteiger partial charge < -0.3 is 11.1 Å². The Kier molecular flexibility index (Phi) is 5.00. The van der Waals surface area contributed by atoms with Crippen LogP contribution in [0.25, 0.3) is 0 Å². The number of hydrogen-bond donors (Lipinski definition) is 2. The van der Waals surface area contributed by atoms with E-state index in [0.717, 1.165) is 20.5 Å². The summed E-state index contributed by atoms with van der Waals surface area (Å²) in [5.74, 6) is 0.00732. The van der Waals surface area contributed by atoms with E-state index in [4.69, 9.17) is 5.73 Å². The Morgan fingerprint density at radius 2 is 2.00 bits per heavy atom. The molecule has 20 heavy (non-hydrogen) atoms. The summed E-state index contributed by atoms with van der Waals surface area (Å²) in [6, 6.07) is 13.6. The molecule has 0 spiro atoms. The molecule has 1 amide bonds. The number of carbonyl (C=O) groups is 1. The van der Waals surface area contributed by atoms with Gasteiger partial charge in [0.15, 0.2) is 0 Å². The number of nitrogens with one attached hydrogen (secondary N) is 1. The topological polar surface area (TPSA) is 55.1 Å². The fourth-order valence-electron chi connectivity index (χ4n) is 1.90. The molecule has 0 fully saturated rings. The first-order chi connectivity index (χ1) is 9.56. The Hall–Kier alpha value is -1.56. The first-order valence-electron chi connectivity index (χ1n) is 6.45. The van der Waals surface area contributed by atoms with Gasteiger partial charge in [0.05, 0.1) is 0 Å². The average Bonchev–Trinajstić information content (AvgIpc) is 2.42. The zero-order valence-electron chi connectivity index (χ0n) is 11.3. The molecule has 4 heteroatoms. The third kappa shape index (κ3) is 3.96. The highest BCUT2D eigenvalue weighted by Gasteiger charge is 2.06. The van der Waals surface area contributed by atoms with E-state index in [1.165, 1.54) is 5.56 Å². The maximum atomic E-state index is 11.9. The van der Waals surface area contributed by atoms with Gasteiger partial charge in [-0.25, -0.2) is 0 Å². The molecular formula is C16H17IN2O. The Labute approximate surface area is 132 Å². The molecule has 2 aromatic rings. The van der Waals surface area contributed by atoms with Crippen molar-refractivity contribution in [2.75, 3.05) is 11.1 Å². The highest BCUT2D eigenvalue weighted by Crippen LogP contribution is 2.18. The Morgan fingerprint density at radius 1 is 1.25 bits per heavy atom. The largest absolute Gasteiger partial charge is 0.399 e. The Balaban J connectivity index is 1.93. The van der Waals surface area contributed by atoms with Gasteiger partial charge in [-0.15, -0.1) is 0 Å². The lowest BCUT2D eigenvalue weighted by molar-refractivity contribution is -0.116. The van der Waals surface area contributed by atoms with E-state index in [1.807, 2.05) is 49.4 Å². The third-order valence-corrected chi connectivity index (χ3v) is 4.29. The second-order valence-electron chi connectivity index (χ2n) is 4.71. The molecule has 0 aliphatic carbocycles. The van der Waals surface area contributed by atoms with Gasteiger partial charge in [-0.05, 0) is 65.3 Å². The van der Waals surface area contributed by atoms with Crippen LogP contribution in [0, 0.1) is 10.5 Å². The maximum Gasteiger partial charge on any atom is 0.224 e. The summed E-state index contributed by atoms with van der Waals surface area (Å²) in [6.07, 6.45) is 1.08. The molecule has 0 saturated heterocycles. The van der Waals surface area contributed by atoms with Crippen LogP contribution in [-0.4, -0.2) is 5.91 Å². The SMILES string of the molecule is Cc1ccc(NC(=O)CCc2ccccc2N)cc1I. The molecule has 0 unspecified atom stereocenters. The molecule has 2 aromatic carbocycles. The highest BCUT2D eigenvalue weighted by molar-refractivity contribution is 14.1. The van der Waals surface area contributed by atoms with Gasteiger partial charge in [0.25, 0.3) is 0 Å². The van der Waals surface area contributed by atoms with Crippen LogP contribution in [0.3, 0.4) is 0 Å². The minimum Gasteiger partial charge on any atom is -0.399 e. The molecule has 0 heterocycles. The van der Waals surface area contributed by atoms with Crippen LogP contribution in [0.5, 0.6) is 0 Å². The van der Waals surface area contributed by atoms with Crippen LogP contribution in [0.2, 0.25) is 0 Å². The molecule has 3 nitrogen and oxygen atoms in total. The zero-order valence-corrected chi connectivity index (χ0v) is 13.5. The normalized spacial score (nSPS) is 10.3. The Bertz CT molecular complexity index is 626. The molecule has 104 valence electrons. The van der Waals surface area contributed by atoms with Crippen LogP contribution in [0.1, 0.15) is 17.5 Å². The molecule has 2 rings (SSSR count). The summed E-state index contributed by atoms with van der Waals surface area (Å²) in [7, 11) is 0. The number of anilines is 2. The van der Waals surface area contributed by atoms with Crippen molar-refractivity contribution in [1.29, 1.82) is 0 Å². The fraction of sp³-hybridized carbons (Fsp3) is 0.188. The number of rotatable bonds is 4. The quantitative estimate of drug-likeness (QED) is 0.627. The molecule has 0 aromatic heterocycles. The Morgan fingerprint density at radius 3 is 2.70 bits per heavy atom. The van der Waals surface area contributed by atoms with Crippen LogP contribution in [-0.2, 0) is 11.2 Å². The van der Waals surface area contributed by atoms with E-state index in [1.54, 1.807) is 0 Å². The lowest BCUT2D eigenvalue weighted by Crippen LogP contribution is -2.13. The standard InChI is InChI=1S/C16H17IN2O/c1-11-6-8-13(10-14(11)17)19-16(20)9-7-12-4-2-3-5-15(12)18/h2-6,8,10H,7,9,18H2,1H3,(H,19,20). The summed E-state index contributed by atoms with van der Waals surface area (Å²) in [5, 5.41) is 2.92. The van der Waals surface area contributed by atoms with Gasteiger partial charge in [0.2, 0.25) is 5.91 Å². The van der Waals surface area contributed by atoms with Gasteiger partial charge in [-0.2, -0.15) is 0 Å². The molecule has 0 atom stereocenters. The number of aryl methyl sites for hydroxylation is 2. The lowest BCUT2D eigenvalue weighted by atomic mass is 10.1. The predicted octanol–water partition coefficient (Wildman–Crippen LogP) is 3.75. The summed E-state index contributed by atoms with van der Waals surface area (Å²) in [4.78, 5) is 11.9. The molecule has 0 bridgehead atoms. The number of benzene rings is 2. The second-order valence-corrected chi connectivity index (χ2v) is 5.87. The zero-order chi connectivity index (χ0) is 14.5. The van der Waals surface area contributed by atoms with E-state index in [-0.39, 0.29) is 5.91 Å². The van der Waals surface area contributed by atoms with E-state index in [0.29, 0.717) is 12.8 Å². The third-order valence-electron chi connectivity index (χ3n) is 3.13. The van der Waals surface area contributed by atoms with Gasteiger partial charge in [-0.3, -0.25) is 4.79 Å². The molecule has 0 aliphatic rings. The van der Waals surface area contributed by atoms with Crippen molar-refractivity contribution in [2.45, 2.75) is 19.8 Å². The van der Waals surface area contributed by atoms with Crippen molar-refractivity contribution in [3.8, 4) is 0 Å². The molecule has 0 saturated carbocycles.